The molecule has 1 aromatic carbocycles. The third-order valence-electron chi connectivity index (χ3n) is 3.73. The van der Waals surface area contributed by atoms with E-state index in [2.05, 4.69) is 4.72 Å². The molecule has 1 unspecified atom stereocenters. The summed E-state index contributed by atoms with van der Waals surface area (Å²) < 4.78 is 41.7. The van der Waals surface area contributed by atoms with Crippen LogP contribution in [-0.4, -0.2) is 43.6 Å². The van der Waals surface area contributed by atoms with Crippen molar-refractivity contribution in [3.63, 3.8) is 0 Å². The first-order valence-corrected chi connectivity index (χ1v) is 8.59. The molecule has 2 N–H and O–H groups in total. The van der Waals surface area contributed by atoms with Crippen molar-refractivity contribution in [2.75, 3.05) is 19.7 Å². The minimum absolute atomic E-state index is 0.137. The molecular weight excluding hydrogens is 295 g/mol. The van der Waals surface area contributed by atoms with E-state index in [1.165, 1.54) is 10.4 Å². The zero-order valence-corrected chi connectivity index (χ0v) is 12.7. The first kappa shape index (κ1) is 16.4. The molecule has 1 aliphatic heterocycles. The molecule has 5 nitrogen and oxygen atoms in total. The molecule has 0 radical (unpaired) electrons. The number of hydrogen-bond donors (Lipinski definition) is 2. The minimum atomic E-state index is -3.63. The molecule has 7 heteroatoms. The topological polar surface area (TPSA) is 69.6 Å². The van der Waals surface area contributed by atoms with E-state index in [1.807, 2.05) is 0 Å². The number of piperidine rings is 1. The zero-order chi connectivity index (χ0) is 15.3. The minimum Gasteiger partial charge on any atom is -0.395 e. The summed E-state index contributed by atoms with van der Waals surface area (Å²) in [6.07, 6.45) is 2.69. The van der Waals surface area contributed by atoms with Gasteiger partial charge in [0, 0.05) is 19.1 Å². The van der Waals surface area contributed by atoms with Gasteiger partial charge in [0.1, 0.15) is 5.82 Å². The lowest BCUT2D eigenvalue weighted by Crippen LogP contribution is -2.50. The lowest BCUT2D eigenvalue weighted by atomic mass is 10.1. The van der Waals surface area contributed by atoms with E-state index in [1.54, 1.807) is 18.2 Å². The summed E-state index contributed by atoms with van der Waals surface area (Å²) in [6.45, 7) is 0.381. The van der Waals surface area contributed by atoms with Crippen LogP contribution in [0.15, 0.2) is 24.3 Å². The Bertz CT molecular complexity index is 565. The summed E-state index contributed by atoms with van der Waals surface area (Å²) in [5, 5.41) is 9.28. The van der Waals surface area contributed by atoms with Gasteiger partial charge in [0.15, 0.2) is 0 Å². The highest BCUT2D eigenvalue weighted by Gasteiger charge is 2.31. The van der Waals surface area contributed by atoms with Crippen molar-refractivity contribution in [1.29, 1.82) is 0 Å². The van der Waals surface area contributed by atoms with Crippen molar-refractivity contribution >= 4 is 10.2 Å². The molecule has 1 saturated heterocycles. The third kappa shape index (κ3) is 4.23. The van der Waals surface area contributed by atoms with Crippen molar-refractivity contribution in [3.8, 4) is 0 Å². The van der Waals surface area contributed by atoms with Crippen molar-refractivity contribution in [1.82, 2.24) is 9.03 Å². The Morgan fingerprint density at radius 2 is 2.10 bits per heavy atom. The standard InChI is InChI=1S/C14H21FN2O3S/c15-14-7-2-1-5-12(14)8-9-16-21(19,20)17-10-4-3-6-13(17)11-18/h1-2,5,7,13,16,18H,3-4,6,8-11H2. The molecule has 1 aromatic rings. The Balaban J connectivity index is 1.93. The van der Waals surface area contributed by atoms with Crippen LogP contribution in [0.25, 0.3) is 0 Å². The van der Waals surface area contributed by atoms with Crippen molar-refractivity contribution in [2.24, 2.45) is 0 Å². The average Bonchev–Trinajstić information content (AvgIpc) is 2.49. The predicted octanol–water partition coefficient (Wildman–Crippen LogP) is 1.05. The van der Waals surface area contributed by atoms with Crippen LogP contribution in [-0.2, 0) is 16.6 Å². The lowest BCUT2D eigenvalue weighted by Gasteiger charge is -2.33. The number of rotatable bonds is 6. The Hall–Kier alpha value is -1.02. The maximum Gasteiger partial charge on any atom is 0.279 e. The Morgan fingerprint density at radius 3 is 2.81 bits per heavy atom. The summed E-state index contributed by atoms with van der Waals surface area (Å²) in [6, 6.07) is 5.96. The van der Waals surface area contributed by atoms with Crippen molar-refractivity contribution in [2.45, 2.75) is 31.7 Å². The number of nitrogens with one attached hydrogen (secondary N) is 1. The number of benzene rings is 1. The largest absolute Gasteiger partial charge is 0.395 e. The molecule has 0 saturated carbocycles. The molecule has 1 atom stereocenters. The van der Waals surface area contributed by atoms with Crippen LogP contribution in [0.3, 0.4) is 0 Å². The van der Waals surface area contributed by atoms with E-state index in [4.69, 9.17) is 0 Å². The summed E-state index contributed by atoms with van der Waals surface area (Å²) in [5.74, 6) is -0.331. The molecule has 118 valence electrons. The van der Waals surface area contributed by atoms with E-state index >= 15 is 0 Å². The highest BCUT2D eigenvalue weighted by atomic mass is 32.2. The molecule has 0 spiro atoms. The first-order valence-electron chi connectivity index (χ1n) is 7.15. The van der Waals surface area contributed by atoms with E-state index in [9.17, 15) is 17.9 Å². The molecule has 0 bridgehead atoms. The Morgan fingerprint density at radius 1 is 1.33 bits per heavy atom. The summed E-state index contributed by atoms with van der Waals surface area (Å²) in [4.78, 5) is 0. The van der Waals surface area contributed by atoms with Gasteiger partial charge in [0.05, 0.1) is 6.61 Å². The fourth-order valence-corrected chi connectivity index (χ4v) is 4.03. The van der Waals surface area contributed by atoms with Gasteiger partial charge in [0.2, 0.25) is 0 Å². The second-order valence-electron chi connectivity index (χ2n) is 5.18. The summed E-state index contributed by atoms with van der Waals surface area (Å²) in [5.41, 5.74) is 0.484. The lowest BCUT2D eigenvalue weighted by molar-refractivity contribution is 0.154. The number of hydrogen-bond acceptors (Lipinski definition) is 3. The van der Waals surface area contributed by atoms with E-state index in [0.717, 1.165) is 12.8 Å². The van der Waals surface area contributed by atoms with Crippen LogP contribution < -0.4 is 4.72 Å². The fraction of sp³-hybridized carbons (Fsp3) is 0.571. The Labute approximate surface area is 125 Å². The average molecular weight is 316 g/mol. The molecule has 21 heavy (non-hydrogen) atoms. The van der Waals surface area contributed by atoms with Crippen LogP contribution in [0.2, 0.25) is 0 Å². The van der Waals surface area contributed by atoms with Gasteiger partial charge in [-0.05, 0) is 30.9 Å². The second-order valence-corrected chi connectivity index (χ2v) is 6.89. The fourth-order valence-electron chi connectivity index (χ4n) is 2.57. The number of halogens is 1. The van der Waals surface area contributed by atoms with Gasteiger partial charge >= 0.3 is 0 Å². The number of aliphatic hydroxyl groups excluding tert-OH is 1. The maximum atomic E-state index is 13.5. The molecular formula is C14H21FN2O3S. The van der Waals surface area contributed by atoms with Gasteiger partial charge in [-0.1, -0.05) is 24.6 Å². The SMILES string of the molecule is O=S(=O)(NCCc1ccccc1F)N1CCCCC1CO. The van der Waals surface area contributed by atoms with Crippen LogP contribution in [0.1, 0.15) is 24.8 Å². The van der Waals surface area contributed by atoms with E-state index in [-0.39, 0.29) is 25.0 Å². The van der Waals surface area contributed by atoms with Crippen molar-refractivity contribution < 1.29 is 17.9 Å². The van der Waals surface area contributed by atoms with E-state index < -0.39 is 10.2 Å². The molecule has 0 aromatic heterocycles. The van der Waals surface area contributed by atoms with Gasteiger partial charge in [-0.2, -0.15) is 12.7 Å². The van der Waals surface area contributed by atoms with Gasteiger partial charge in [-0.25, -0.2) is 9.11 Å². The van der Waals surface area contributed by atoms with Gasteiger partial charge in [-0.3, -0.25) is 0 Å². The van der Waals surface area contributed by atoms with Crippen LogP contribution in [0, 0.1) is 5.82 Å². The molecule has 1 aliphatic rings. The highest BCUT2D eigenvalue weighted by molar-refractivity contribution is 7.87. The number of nitrogens with zero attached hydrogens (tertiary/aromatic N) is 1. The molecule has 0 amide bonds. The van der Waals surface area contributed by atoms with Crippen molar-refractivity contribution in [3.05, 3.63) is 35.6 Å². The molecule has 2 rings (SSSR count). The molecule has 0 aliphatic carbocycles. The monoisotopic (exact) mass is 316 g/mol. The first-order chi connectivity index (χ1) is 10.0. The summed E-state index contributed by atoms with van der Waals surface area (Å²) >= 11 is 0. The van der Waals surface area contributed by atoms with E-state index in [0.29, 0.717) is 24.9 Å². The number of aliphatic hydroxyl groups is 1. The summed E-state index contributed by atoms with van der Waals surface area (Å²) in [7, 11) is -3.63. The quantitative estimate of drug-likeness (QED) is 0.824. The second kappa shape index (κ2) is 7.31. The highest BCUT2D eigenvalue weighted by Crippen LogP contribution is 2.19. The maximum absolute atomic E-state index is 13.5. The molecule has 1 heterocycles. The smallest absolute Gasteiger partial charge is 0.279 e. The zero-order valence-electron chi connectivity index (χ0n) is 11.8. The predicted molar refractivity (Wildman–Crippen MR) is 78.5 cm³/mol. The molecule has 1 fully saturated rings. The van der Waals surface area contributed by atoms with Gasteiger partial charge in [0.25, 0.3) is 10.2 Å². The van der Waals surface area contributed by atoms with Gasteiger partial charge < -0.3 is 5.11 Å². The third-order valence-corrected chi connectivity index (χ3v) is 5.40. The van der Waals surface area contributed by atoms with Crippen LogP contribution in [0.5, 0.6) is 0 Å². The van der Waals surface area contributed by atoms with Crippen LogP contribution in [0.4, 0.5) is 4.39 Å². The van der Waals surface area contributed by atoms with Crippen LogP contribution >= 0.6 is 0 Å². The van der Waals surface area contributed by atoms with Gasteiger partial charge in [-0.15, -0.1) is 0 Å². The Kier molecular flexibility index (Phi) is 5.69. The normalized spacial score (nSPS) is 20.6.